The number of aromatic amines is 1. The van der Waals surface area contributed by atoms with Crippen LogP contribution in [0.25, 0.3) is 0 Å². The third-order valence-corrected chi connectivity index (χ3v) is 2.59. The molecule has 4 nitrogen and oxygen atoms in total. The van der Waals surface area contributed by atoms with E-state index in [1.165, 1.54) is 5.69 Å². The lowest BCUT2D eigenvalue weighted by Gasteiger charge is -2.21. The molecule has 0 saturated carbocycles. The number of nitrogens with zero attached hydrogens (tertiary/aromatic N) is 1. The molecule has 0 aliphatic carbocycles. The van der Waals surface area contributed by atoms with Crippen LogP contribution in [0, 0.1) is 6.92 Å². The predicted molar refractivity (Wildman–Crippen MR) is 54.3 cm³/mol. The number of aryl methyl sites for hydroxylation is 2. The van der Waals surface area contributed by atoms with E-state index in [2.05, 4.69) is 29.1 Å². The lowest BCUT2D eigenvalue weighted by molar-refractivity contribution is 0.0744. The van der Waals surface area contributed by atoms with E-state index in [1.807, 2.05) is 0 Å². The Bertz CT molecular complexity index is 302. The lowest BCUT2D eigenvalue weighted by atomic mass is 10.2. The van der Waals surface area contributed by atoms with Crippen molar-refractivity contribution in [2.24, 2.45) is 0 Å². The highest BCUT2D eigenvalue weighted by molar-refractivity contribution is 5.15. The molecule has 78 valence electrons. The quantitative estimate of drug-likeness (QED) is 0.738. The molecule has 2 rings (SSSR count). The maximum absolute atomic E-state index is 5.40. The molecule has 2 N–H and O–H groups in total. The van der Waals surface area contributed by atoms with Crippen LogP contribution in [0.4, 0.5) is 0 Å². The van der Waals surface area contributed by atoms with Gasteiger partial charge in [0.25, 0.3) is 0 Å². The maximum Gasteiger partial charge on any atom is 0.126 e. The van der Waals surface area contributed by atoms with E-state index >= 15 is 0 Å². The van der Waals surface area contributed by atoms with E-state index < -0.39 is 0 Å². The summed E-state index contributed by atoms with van der Waals surface area (Å²) in [5.41, 5.74) is 2.34. The van der Waals surface area contributed by atoms with Gasteiger partial charge in [-0.15, -0.1) is 0 Å². The molecular formula is C10H17N3O. The minimum Gasteiger partial charge on any atom is -0.378 e. The van der Waals surface area contributed by atoms with Crippen molar-refractivity contribution in [2.45, 2.75) is 26.3 Å². The Hall–Kier alpha value is -0.870. The van der Waals surface area contributed by atoms with Crippen LogP contribution < -0.4 is 5.32 Å². The first-order chi connectivity index (χ1) is 6.81. The lowest BCUT2D eigenvalue weighted by Crippen LogP contribution is -2.35. The summed E-state index contributed by atoms with van der Waals surface area (Å²) in [7, 11) is 0. The van der Waals surface area contributed by atoms with Gasteiger partial charge in [-0.05, 0) is 13.3 Å². The zero-order chi connectivity index (χ0) is 9.97. The van der Waals surface area contributed by atoms with Crippen LogP contribution in [0.3, 0.4) is 0 Å². The monoisotopic (exact) mass is 195 g/mol. The summed E-state index contributed by atoms with van der Waals surface area (Å²) in [6.07, 6.45) is 0.982. The predicted octanol–water partition coefficient (Wildman–Crippen LogP) is 0.941. The second kappa shape index (κ2) is 4.11. The minimum absolute atomic E-state index is 0.239. The van der Waals surface area contributed by atoms with Crippen molar-refractivity contribution < 1.29 is 4.74 Å². The normalized spacial score (nSPS) is 22.6. The summed E-state index contributed by atoms with van der Waals surface area (Å²) in [5, 5.41) is 3.38. The van der Waals surface area contributed by atoms with E-state index in [0.717, 1.165) is 37.7 Å². The highest BCUT2D eigenvalue weighted by Crippen LogP contribution is 2.15. The molecule has 0 spiro atoms. The highest BCUT2D eigenvalue weighted by atomic mass is 16.5. The first-order valence-electron chi connectivity index (χ1n) is 5.17. The van der Waals surface area contributed by atoms with Crippen LogP contribution in [-0.2, 0) is 11.2 Å². The minimum atomic E-state index is 0.239. The third kappa shape index (κ3) is 1.81. The maximum atomic E-state index is 5.40. The largest absolute Gasteiger partial charge is 0.378 e. The van der Waals surface area contributed by atoms with Crippen LogP contribution in [0.2, 0.25) is 0 Å². The molecule has 14 heavy (non-hydrogen) atoms. The Balaban J connectivity index is 2.14. The highest BCUT2D eigenvalue weighted by Gasteiger charge is 2.18. The summed E-state index contributed by atoms with van der Waals surface area (Å²) in [6.45, 7) is 6.62. The molecule has 1 fully saturated rings. The van der Waals surface area contributed by atoms with Gasteiger partial charge in [0, 0.05) is 12.2 Å². The Morgan fingerprint density at radius 2 is 2.43 bits per heavy atom. The van der Waals surface area contributed by atoms with Crippen molar-refractivity contribution >= 4 is 0 Å². The van der Waals surface area contributed by atoms with Gasteiger partial charge in [-0.25, -0.2) is 4.98 Å². The van der Waals surface area contributed by atoms with Crippen LogP contribution in [0.15, 0.2) is 0 Å². The summed E-state index contributed by atoms with van der Waals surface area (Å²) in [4.78, 5) is 7.87. The van der Waals surface area contributed by atoms with Gasteiger partial charge < -0.3 is 15.0 Å². The van der Waals surface area contributed by atoms with Gasteiger partial charge in [-0.1, -0.05) is 6.92 Å². The van der Waals surface area contributed by atoms with Crippen molar-refractivity contribution in [3.05, 3.63) is 17.2 Å². The summed E-state index contributed by atoms with van der Waals surface area (Å²) >= 11 is 0. The standard InChI is InChI=1S/C10H17N3O/c1-3-8-7(2)12-10(13-8)9-6-14-5-4-11-9/h9,11H,3-6H2,1-2H3,(H,12,13). The smallest absolute Gasteiger partial charge is 0.126 e. The molecule has 1 aromatic heterocycles. The van der Waals surface area contributed by atoms with Gasteiger partial charge in [-0.2, -0.15) is 0 Å². The van der Waals surface area contributed by atoms with Crippen LogP contribution in [0.1, 0.15) is 30.2 Å². The fourth-order valence-corrected chi connectivity index (χ4v) is 1.77. The van der Waals surface area contributed by atoms with Crippen molar-refractivity contribution in [2.75, 3.05) is 19.8 Å². The number of rotatable bonds is 2. The number of imidazole rings is 1. The average Bonchev–Trinajstić information content (AvgIpc) is 2.61. The summed E-state index contributed by atoms with van der Waals surface area (Å²) in [5.74, 6) is 1.01. The molecule has 1 unspecified atom stereocenters. The number of hydrogen-bond donors (Lipinski definition) is 2. The molecular weight excluding hydrogens is 178 g/mol. The Kier molecular flexibility index (Phi) is 2.84. The zero-order valence-corrected chi connectivity index (χ0v) is 8.76. The topological polar surface area (TPSA) is 49.9 Å². The Labute approximate surface area is 84.1 Å². The molecule has 1 aliphatic heterocycles. The first-order valence-corrected chi connectivity index (χ1v) is 5.17. The van der Waals surface area contributed by atoms with Gasteiger partial charge >= 0.3 is 0 Å². The fourth-order valence-electron chi connectivity index (χ4n) is 1.77. The number of hydrogen-bond acceptors (Lipinski definition) is 3. The molecule has 1 aliphatic rings. The molecule has 0 bridgehead atoms. The number of nitrogens with one attached hydrogen (secondary N) is 2. The van der Waals surface area contributed by atoms with Crippen LogP contribution in [0.5, 0.6) is 0 Å². The van der Waals surface area contributed by atoms with Gasteiger partial charge in [-0.3, -0.25) is 0 Å². The Morgan fingerprint density at radius 3 is 3.00 bits per heavy atom. The van der Waals surface area contributed by atoms with Gasteiger partial charge in [0.15, 0.2) is 0 Å². The molecule has 1 saturated heterocycles. The number of aromatic nitrogens is 2. The first kappa shape index (κ1) is 9.68. The van der Waals surface area contributed by atoms with Crippen molar-refractivity contribution in [3.63, 3.8) is 0 Å². The second-order valence-electron chi connectivity index (χ2n) is 3.63. The van der Waals surface area contributed by atoms with Gasteiger partial charge in [0.2, 0.25) is 0 Å². The second-order valence-corrected chi connectivity index (χ2v) is 3.63. The van der Waals surface area contributed by atoms with Crippen molar-refractivity contribution in [1.29, 1.82) is 0 Å². The van der Waals surface area contributed by atoms with Gasteiger partial charge in [0.1, 0.15) is 5.82 Å². The van der Waals surface area contributed by atoms with E-state index in [1.54, 1.807) is 0 Å². The molecule has 1 atom stereocenters. The third-order valence-electron chi connectivity index (χ3n) is 2.59. The summed E-state index contributed by atoms with van der Waals surface area (Å²) < 4.78 is 5.40. The molecule has 0 aromatic carbocycles. The number of ether oxygens (including phenoxy) is 1. The van der Waals surface area contributed by atoms with Crippen LogP contribution >= 0.6 is 0 Å². The fraction of sp³-hybridized carbons (Fsp3) is 0.700. The molecule has 1 aromatic rings. The van der Waals surface area contributed by atoms with Gasteiger partial charge in [0.05, 0.1) is 24.9 Å². The molecule has 0 amide bonds. The summed E-state index contributed by atoms with van der Waals surface area (Å²) in [6, 6.07) is 0.239. The van der Waals surface area contributed by atoms with E-state index in [0.29, 0.717) is 0 Å². The van der Waals surface area contributed by atoms with E-state index in [4.69, 9.17) is 4.74 Å². The van der Waals surface area contributed by atoms with Crippen LogP contribution in [-0.4, -0.2) is 29.7 Å². The average molecular weight is 195 g/mol. The molecule has 2 heterocycles. The van der Waals surface area contributed by atoms with E-state index in [-0.39, 0.29) is 6.04 Å². The van der Waals surface area contributed by atoms with Crippen molar-refractivity contribution in [3.8, 4) is 0 Å². The molecule has 0 radical (unpaired) electrons. The number of H-pyrrole nitrogens is 1. The van der Waals surface area contributed by atoms with Crippen molar-refractivity contribution in [1.82, 2.24) is 15.3 Å². The Morgan fingerprint density at radius 1 is 1.57 bits per heavy atom. The number of morpholine rings is 1. The van der Waals surface area contributed by atoms with E-state index in [9.17, 15) is 0 Å². The molecule has 4 heteroatoms. The zero-order valence-electron chi connectivity index (χ0n) is 8.76. The SMILES string of the molecule is CCc1nc(C2COCCN2)[nH]c1C.